The predicted molar refractivity (Wildman–Crippen MR) is 87.0 cm³/mol. The fraction of sp³-hybridized carbons (Fsp3) is 0.800. The van der Waals surface area contributed by atoms with Gasteiger partial charge in [0.05, 0.1) is 13.2 Å². The molecule has 2 fully saturated rings. The topological polar surface area (TPSA) is 86.3 Å². The third kappa shape index (κ3) is 3.93. The minimum absolute atomic E-state index is 0.266. The van der Waals surface area contributed by atoms with E-state index in [1.165, 1.54) is 11.3 Å². The summed E-state index contributed by atoms with van der Waals surface area (Å²) in [5, 5.41) is 5.62. The van der Waals surface area contributed by atoms with Gasteiger partial charge in [-0.05, 0) is 6.42 Å². The van der Waals surface area contributed by atoms with E-state index in [1.807, 2.05) is 4.90 Å². The maximum Gasteiger partial charge on any atom is 0.325 e. The molecule has 8 heteroatoms. The number of urea groups is 1. The maximum atomic E-state index is 12.3. The summed E-state index contributed by atoms with van der Waals surface area (Å²) in [6.45, 7) is 3.95. The standard InChI is InChI=1S/C15H27N5O3/c1-4-5-6-7-9-20-11-12(17-14(20)16-8-10-23-3)19(2)15(22)18-13(11)21/h11-12H,4-10H2,1-3H3,(H,16,17)(H,18,21,22). The van der Waals surface area contributed by atoms with Crippen molar-refractivity contribution in [2.24, 2.45) is 4.99 Å². The summed E-state index contributed by atoms with van der Waals surface area (Å²) in [5.41, 5.74) is 0. The molecular weight excluding hydrogens is 298 g/mol. The van der Waals surface area contributed by atoms with Crippen LogP contribution in [0.15, 0.2) is 4.99 Å². The number of carbonyl (C=O) groups is 2. The molecule has 0 bridgehead atoms. The fourth-order valence-corrected chi connectivity index (χ4v) is 2.92. The Morgan fingerprint density at radius 3 is 2.74 bits per heavy atom. The number of imide groups is 1. The first-order valence-corrected chi connectivity index (χ1v) is 8.24. The number of guanidine groups is 1. The highest BCUT2D eigenvalue weighted by atomic mass is 16.5. The number of methoxy groups -OCH3 is 1. The van der Waals surface area contributed by atoms with E-state index in [1.54, 1.807) is 14.2 Å². The van der Waals surface area contributed by atoms with Crippen molar-refractivity contribution in [1.29, 1.82) is 0 Å². The zero-order chi connectivity index (χ0) is 16.8. The Labute approximate surface area is 137 Å². The summed E-state index contributed by atoms with van der Waals surface area (Å²) in [7, 11) is 3.31. The molecular formula is C15H27N5O3. The van der Waals surface area contributed by atoms with Gasteiger partial charge in [0.1, 0.15) is 6.17 Å². The Balaban J connectivity index is 2.12. The number of ether oxygens (including phenoxy) is 1. The van der Waals surface area contributed by atoms with E-state index < -0.39 is 6.04 Å². The van der Waals surface area contributed by atoms with E-state index in [0.29, 0.717) is 19.1 Å². The summed E-state index contributed by atoms with van der Waals surface area (Å²) < 4.78 is 5.03. The number of rotatable bonds is 8. The van der Waals surface area contributed by atoms with Crippen LogP contribution in [-0.2, 0) is 9.53 Å². The van der Waals surface area contributed by atoms with Crippen LogP contribution >= 0.6 is 0 Å². The Morgan fingerprint density at radius 2 is 2.04 bits per heavy atom. The van der Waals surface area contributed by atoms with Crippen molar-refractivity contribution in [1.82, 2.24) is 20.4 Å². The van der Waals surface area contributed by atoms with E-state index >= 15 is 0 Å². The molecule has 0 spiro atoms. The number of nitrogens with one attached hydrogen (secondary N) is 2. The van der Waals surface area contributed by atoms with E-state index in [2.05, 4.69) is 22.5 Å². The summed E-state index contributed by atoms with van der Waals surface area (Å²) >= 11 is 0. The monoisotopic (exact) mass is 325 g/mol. The van der Waals surface area contributed by atoms with Crippen molar-refractivity contribution in [2.75, 3.05) is 33.9 Å². The van der Waals surface area contributed by atoms with Crippen molar-refractivity contribution in [3.05, 3.63) is 0 Å². The zero-order valence-corrected chi connectivity index (χ0v) is 14.2. The van der Waals surface area contributed by atoms with Gasteiger partial charge in [-0.3, -0.25) is 15.1 Å². The van der Waals surface area contributed by atoms with Crippen LogP contribution in [0.25, 0.3) is 0 Å². The Hall–Kier alpha value is -1.83. The highest BCUT2D eigenvalue weighted by Crippen LogP contribution is 2.21. The van der Waals surface area contributed by atoms with E-state index in [-0.39, 0.29) is 18.1 Å². The molecule has 0 aliphatic carbocycles. The first-order valence-electron chi connectivity index (χ1n) is 8.24. The Kier molecular flexibility index (Phi) is 6.20. The van der Waals surface area contributed by atoms with Gasteiger partial charge in [0.15, 0.2) is 12.0 Å². The predicted octanol–water partition coefficient (Wildman–Crippen LogP) is 0.351. The van der Waals surface area contributed by atoms with Gasteiger partial charge >= 0.3 is 6.03 Å². The summed E-state index contributed by atoms with van der Waals surface area (Å²) in [6.07, 6.45) is 4.08. The van der Waals surface area contributed by atoms with Crippen LogP contribution in [0.4, 0.5) is 4.79 Å². The lowest BCUT2D eigenvalue weighted by atomic mass is 10.1. The molecule has 2 heterocycles. The minimum atomic E-state index is -0.430. The number of likely N-dealkylation sites (N-methyl/N-ethyl adjacent to an activating group) is 1. The number of nitrogens with zero attached hydrogens (tertiary/aromatic N) is 3. The van der Waals surface area contributed by atoms with Gasteiger partial charge in [0.25, 0.3) is 5.91 Å². The lowest BCUT2D eigenvalue weighted by Crippen LogP contribution is -2.64. The molecule has 2 atom stereocenters. The van der Waals surface area contributed by atoms with Gasteiger partial charge in [0, 0.05) is 20.7 Å². The maximum absolute atomic E-state index is 12.3. The number of hydrogen-bond acceptors (Lipinski definition) is 4. The van der Waals surface area contributed by atoms with Crippen molar-refractivity contribution in [3.8, 4) is 0 Å². The number of hydrogen-bond donors (Lipinski definition) is 2. The summed E-state index contributed by atoms with van der Waals surface area (Å²) in [6, 6.07) is -0.812. The highest BCUT2D eigenvalue weighted by molar-refractivity contribution is 6.04. The lowest BCUT2D eigenvalue weighted by Gasteiger charge is -2.35. The lowest BCUT2D eigenvalue weighted by molar-refractivity contribution is -0.127. The number of aliphatic imine (C=N–C) groups is 1. The SMILES string of the molecule is CCCCCCN1C(=NCCOC)NC2C1C(=O)NC(=O)N2C. The molecule has 130 valence electrons. The molecule has 0 aromatic heterocycles. The zero-order valence-electron chi connectivity index (χ0n) is 14.2. The Bertz CT molecular complexity index is 468. The normalized spacial score (nSPS) is 25.6. The first kappa shape index (κ1) is 17.5. The minimum Gasteiger partial charge on any atom is -0.383 e. The molecule has 3 amide bonds. The van der Waals surface area contributed by atoms with E-state index in [4.69, 9.17) is 4.74 Å². The summed E-state index contributed by atoms with van der Waals surface area (Å²) in [4.78, 5) is 32.1. The molecule has 8 nitrogen and oxygen atoms in total. The van der Waals surface area contributed by atoms with E-state index in [0.717, 1.165) is 25.8 Å². The highest BCUT2D eigenvalue weighted by Gasteiger charge is 2.49. The second-order valence-corrected chi connectivity index (χ2v) is 5.89. The van der Waals surface area contributed by atoms with Gasteiger partial charge in [-0.15, -0.1) is 0 Å². The molecule has 2 N–H and O–H groups in total. The summed E-state index contributed by atoms with van der Waals surface area (Å²) in [5.74, 6) is 0.406. The van der Waals surface area contributed by atoms with Gasteiger partial charge in [-0.2, -0.15) is 0 Å². The second kappa shape index (κ2) is 8.14. The quantitative estimate of drug-likeness (QED) is 0.629. The van der Waals surface area contributed by atoms with Crippen LogP contribution < -0.4 is 10.6 Å². The molecule has 0 aromatic carbocycles. The second-order valence-electron chi connectivity index (χ2n) is 5.89. The smallest absolute Gasteiger partial charge is 0.325 e. The fourth-order valence-electron chi connectivity index (χ4n) is 2.92. The number of fused-ring (bicyclic) bond motifs is 1. The molecule has 2 aliphatic rings. The van der Waals surface area contributed by atoms with Gasteiger partial charge in [-0.1, -0.05) is 26.2 Å². The average Bonchev–Trinajstić information content (AvgIpc) is 2.89. The van der Waals surface area contributed by atoms with Crippen LogP contribution in [0.5, 0.6) is 0 Å². The van der Waals surface area contributed by atoms with Crippen LogP contribution in [0, 0.1) is 0 Å². The van der Waals surface area contributed by atoms with Crippen molar-refractivity contribution in [2.45, 2.75) is 44.8 Å². The first-order chi connectivity index (χ1) is 11.1. The Morgan fingerprint density at radius 1 is 1.26 bits per heavy atom. The number of carbonyl (C=O) groups excluding carboxylic acids is 2. The third-order valence-electron chi connectivity index (χ3n) is 4.23. The van der Waals surface area contributed by atoms with Gasteiger partial charge in [-0.25, -0.2) is 4.79 Å². The van der Waals surface area contributed by atoms with Crippen molar-refractivity contribution in [3.63, 3.8) is 0 Å². The average molecular weight is 325 g/mol. The van der Waals surface area contributed by atoms with Crippen molar-refractivity contribution >= 4 is 17.9 Å². The van der Waals surface area contributed by atoms with Crippen LogP contribution in [-0.4, -0.2) is 73.8 Å². The molecule has 0 saturated carbocycles. The van der Waals surface area contributed by atoms with Crippen LogP contribution in [0.3, 0.4) is 0 Å². The molecule has 0 radical (unpaired) electrons. The number of amides is 3. The molecule has 2 rings (SSSR count). The molecule has 23 heavy (non-hydrogen) atoms. The van der Waals surface area contributed by atoms with E-state index in [9.17, 15) is 9.59 Å². The molecule has 2 saturated heterocycles. The molecule has 2 aliphatic heterocycles. The van der Waals surface area contributed by atoms with Crippen LogP contribution in [0.2, 0.25) is 0 Å². The van der Waals surface area contributed by atoms with Crippen molar-refractivity contribution < 1.29 is 14.3 Å². The molecule has 0 aromatic rings. The number of unbranched alkanes of at least 4 members (excludes halogenated alkanes) is 3. The third-order valence-corrected chi connectivity index (χ3v) is 4.23. The largest absolute Gasteiger partial charge is 0.383 e. The molecule has 2 unspecified atom stereocenters. The van der Waals surface area contributed by atoms with Gasteiger partial charge in [0.2, 0.25) is 0 Å². The van der Waals surface area contributed by atoms with Gasteiger partial charge < -0.3 is 19.9 Å². The van der Waals surface area contributed by atoms with Crippen LogP contribution in [0.1, 0.15) is 32.6 Å².